The van der Waals surface area contributed by atoms with Crippen molar-refractivity contribution in [2.75, 3.05) is 11.4 Å². The zero-order chi connectivity index (χ0) is 12.6. The van der Waals surface area contributed by atoms with E-state index in [9.17, 15) is 9.90 Å². The van der Waals surface area contributed by atoms with Gasteiger partial charge in [-0.25, -0.2) is 9.78 Å². The van der Waals surface area contributed by atoms with Crippen LogP contribution >= 0.6 is 0 Å². The van der Waals surface area contributed by atoms with Crippen LogP contribution in [0.25, 0.3) is 0 Å². The van der Waals surface area contributed by atoms with Gasteiger partial charge < -0.3 is 10.0 Å². The molecular formula is C13H18N2O2. The Labute approximate surface area is 101 Å². The highest BCUT2D eigenvalue weighted by atomic mass is 16.4. The molecule has 0 radical (unpaired) electrons. The van der Waals surface area contributed by atoms with Gasteiger partial charge in [-0.3, -0.25) is 0 Å². The molecule has 2 rings (SSSR count). The maximum atomic E-state index is 11.4. The van der Waals surface area contributed by atoms with Crippen molar-refractivity contribution in [3.63, 3.8) is 0 Å². The number of nitrogens with zero attached hydrogens (tertiary/aromatic N) is 2. The van der Waals surface area contributed by atoms with Crippen LogP contribution in [0.1, 0.15) is 41.4 Å². The first kappa shape index (κ1) is 11.9. The van der Waals surface area contributed by atoms with Crippen molar-refractivity contribution in [3.8, 4) is 0 Å². The van der Waals surface area contributed by atoms with E-state index < -0.39 is 5.97 Å². The Morgan fingerprint density at radius 2 is 2.18 bits per heavy atom. The van der Waals surface area contributed by atoms with E-state index in [1.54, 1.807) is 0 Å². The van der Waals surface area contributed by atoms with Gasteiger partial charge in [0, 0.05) is 18.3 Å². The van der Waals surface area contributed by atoms with Gasteiger partial charge in [0.2, 0.25) is 0 Å². The average Bonchev–Trinajstić information content (AvgIpc) is 3.01. The van der Waals surface area contributed by atoms with Crippen molar-refractivity contribution < 1.29 is 9.90 Å². The Kier molecular flexibility index (Phi) is 3.05. The van der Waals surface area contributed by atoms with E-state index in [-0.39, 0.29) is 0 Å². The van der Waals surface area contributed by atoms with Crippen molar-refractivity contribution in [1.82, 2.24) is 4.98 Å². The van der Waals surface area contributed by atoms with Crippen molar-refractivity contribution in [2.24, 2.45) is 0 Å². The molecule has 1 aromatic rings. The van der Waals surface area contributed by atoms with Crippen LogP contribution in [-0.2, 0) is 0 Å². The highest BCUT2D eigenvalue weighted by Crippen LogP contribution is 2.33. The fraction of sp³-hybridized carbons (Fsp3) is 0.538. The predicted octanol–water partition coefficient (Wildman–Crippen LogP) is 2.39. The van der Waals surface area contributed by atoms with Gasteiger partial charge in [-0.15, -0.1) is 0 Å². The van der Waals surface area contributed by atoms with E-state index in [0.717, 1.165) is 30.6 Å². The van der Waals surface area contributed by atoms with Crippen LogP contribution in [0.5, 0.6) is 0 Å². The molecule has 0 aliphatic heterocycles. The van der Waals surface area contributed by atoms with Gasteiger partial charge >= 0.3 is 5.97 Å². The molecule has 1 aliphatic rings. The number of hydrogen-bond acceptors (Lipinski definition) is 3. The Morgan fingerprint density at radius 3 is 2.65 bits per heavy atom. The molecule has 4 nitrogen and oxygen atoms in total. The largest absolute Gasteiger partial charge is 0.478 e. The van der Waals surface area contributed by atoms with Crippen LogP contribution in [0.3, 0.4) is 0 Å². The van der Waals surface area contributed by atoms with E-state index in [4.69, 9.17) is 0 Å². The number of aromatic nitrogens is 1. The van der Waals surface area contributed by atoms with Gasteiger partial charge in [0.25, 0.3) is 0 Å². The van der Waals surface area contributed by atoms with Crippen LogP contribution in [0.4, 0.5) is 5.82 Å². The highest BCUT2D eigenvalue weighted by molar-refractivity contribution is 5.95. The summed E-state index contributed by atoms with van der Waals surface area (Å²) in [7, 11) is 0. The molecule has 1 saturated carbocycles. The van der Waals surface area contributed by atoms with Crippen molar-refractivity contribution in [3.05, 3.63) is 22.9 Å². The maximum Gasteiger partial charge on any atom is 0.339 e. The molecule has 1 N–H and O–H groups in total. The van der Waals surface area contributed by atoms with E-state index >= 15 is 0 Å². The topological polar surface area (TPSA) is 53.4 Å². The molecule has 0 saturated heterocycles. The van der Waals surface area contributed by atoms with Gasteiger partial charge in [-0.1, -0.05) is 0 Å². The molecule has 0 atom stereocenters. The summed E-state index contributed by atoms with van der Waals surface area (Å²) in [6, 6.07) is 2.31. The number of pyridine rings is 1. The fourth-order valence-electron chi connectivity index (χ4n) is 2.26. The summed E-state index contributed by atoms with van der Waals surface area (Å²) in [6.45, 7) is 6.59. The second-order valence-corrected chi connectivity index (χ2v) is 4.60. The third-order valence-corrected chi connectivity index (χ3v) is 3.14. The summed E-state index contributed by atoms with van der Waals surface area (Å²) in [6.07, 6.45) is 2.28. The Hall–Kier alpha value is -1.58. The van der Waals surface area contributed by atoms with Crippen molar-refractivity contribution in [1.29, 1.82) is 0 Å². The van der Waals surface area contributed by atoms with Crippen LogP contribution < -0.4 is 4.90 Å². The van der Waals surface area contributed by atoms with E-state index in [0.29, 0.717) is 17.4 Å². The lowest BCUT2D eigenvalue weighted by molar-refractivity contribution is 0.0696. The third kappa shape index (κ3) is 2.25. The quantitative estimate of drug-likeness (QED) is 0.869. The molecular weight excluding hydrogens is 216 g/mol. The molecule has 0 amide bonds. The number of aryl methyl sites for hydroxylation is 2. The number of carbonyl (C=O) groups is 1. The Morgan fingerprint density at radius 1 is 1.53 bits per heavy atom. The maximum absolute atomic E-state index is 11.4. The zero-order valence-corrected chi connectivity index (χ0v) is 10.5. The SMILES string of the molecule is CCN(c1nc(C)cc(C)c1C(=O)O)C1CC1. The minimum atomic E-state index is -0.885. The standard InChI is InChI=1S/C13H18N2O2/c1-4-15(10-5-6-10)12-11(13(16)17)8(2)7-9(3)14-12/h7,10H,4-6H2,1-3H3,(H,16,17). The molecule has 0 spiro atoms. The van der Waals surface area contributed by atoms with Crippen LogP contribution in [0.15, 0.2) is 6.07 Å². The zero-order valence-electron chi connectivity index (χ0n) is 10.5. The lowest BCUT2D eigenvalue weighted by atomic mass is 10.1. The summed E-state index contributed by atoms with van der Waals surface area (Å²) < 4.78 is 0. The number of anilines is 1. The first-order chi connectivity index (χ1) is 8.04. The van der Waals surface area contributed by atoms with Crippen molar-refractivity contribution in [2.45, 2.75) is 39.7 Å². The van der Waals surface area contributed by atoms with Crippen LogP contribution in [0.2, 0.25) is 0 Å². The summed E-state index contributed by atoms with van der Waals surface area (Å²) in [5.41, 5.74) is 2.02. The smallest absolute Gasteiger partial charge is 0.339 e. The molecule has 0 aromatic carbocycles. The number of aromatic carboxylic acids is 1. The fourth-order valence-corrected chi connectivity index (χ4v) is 2.26. The van der Waals surface area contributed by atoms with Crippen LogP contribution in [0, 0.1) is 13.8 Å². The molecule has 1 aliphatic carbocycles. The number of carboxylic acids is 1. The lowest BCUT2D eigenvalue weighted by Crippen LogP contribution is -2.28. The van der Waals surface area contributed by atoms with Crippen molar-refractivity contribution >= 4 is 11.8 Å². The van der Waals surface area contributed by atoms with E-state index in [1.165, 1.54) is 0 Å². The van der Waals surface area contributed by atoms with E-state index in [2.05, 4.69) is 9.88 Å². The summed E-state index contributed by atoms with van der Waals surface area (Å²) >= 11 is 0. The molecule has 1 heterocycles. The Bertz CT molecular complexity index is 453. The first-order valence-electron chi connectivity index (χ1n) is 6.02. The van der Waals surface area contributed by atoms with Gasteiger partial charge in [-0.2, -0.15) is 0 Å². The van der Waals surface area contributed by atoms with Gasteiger partial charge in [0.05, 0.1) is 0 Å². The number of hydrogen-bond donors (Lipinski definition) is 1. The lowest BCUT2D eigenvalue weighted by Gasteiger charge is -2.24. The highest BCUT2D eigenvalue weighted by Gasteiger charge is 2.32. The number of carboxylic acid groups (broad SMARTS) is 1. The first-order valence-corrected chi connectivity index (χ1v) is 6.02. The molecule has 0 bridgehead atoms. The molecule has 4 heteroatoms. The molecule has 92 valence electrons. The average molecular weight is 234 g/mol. The molecule has 1 fully saturated rings. The second-order valence-electron chi connectivity index (χ2n) is 4.60. The van der Waals surface area contributed by atoms with Gasteiger partial charge in [0.1, 0.15) is 11.4 Å². The summed E-state index contributed by atoms with van der Waals surface area (Å²) in [5, 5.41) is 9.32. The molecule has 1 aromatic heterocycles. The normalized spacial score (nSPS) is 14.8. The minimum absolute atomic E-state index is 0.351. The summed E-state index contributed by atoms with van der Waals surface area (Å²) in [5.74, 6) is -0.246. The third-order valence-electron chi connectivity index (χ3n) is 3.14. The Balaban J connectivity index is 2.52. The van der Waals surface area contributed by atoms with Crippen LogP contribution in [-0.4, -0.2) is 28.6 Å². The van der Waals surface area contributed by atoms with Gasteiger partial charge in [0.15, 0.2) is 0 Å². The monoisotopic (exact) mass is 234 g/mol. The minimum Gasteiger partial charge on any atom is -0.478 e. The van der Waals surface area contributed by atoms with Gasteiger partial charge in [-0.05, 0) is 45.2 Å². The second kappa shape index (κ2) is 4.35. The number of rotatable bonds is 4. The summed E-state index contributed by atoms with van der Waals surface area (Å²) in [4.78, 5) is 17.9. The van der Waals surface area contributed by atoms with E-state index in [1.807, 2.05) is 26.8 Å². The molecule has 17 heavy (non-hydrogen) atoms. The predicted molar refractivity (Wildman–Crippen MR) is 66.7 cm³/mol. The molecule has 0 unspecified atom stereocenters.